The Morgan fingerprint density at radius 2 is 1.74 bits per heavy atom. The van der Waals surface area contributed by atoms with Crippen LogP contribution in [0.2, 0.25) is 5.02 Å². The van der Waals surface area contributed by atoms with E-state index in [-0.39, 0.29) is 36.4 Å². The van der Waals surface area contributed by atoms with Crippen LogP contribution >= 0.6 is 27.5 Å². The van der Waals surface area contributed by atoms with Gasteiger partial charge in [-0.2, -0.15) is 13.2 Å². The molecule has 0 saturated heterocycles. The number of ether oxygens (including phenoxy) is 2. The predicted molar refractivity (Wildman–Crippen MR) is 139 cm³/mol. The number of carbonyl (C=O) groups is 3. The Labute approximate surface area is 230 Å². The van der Waals surface area contributed by atoms with Crippen LogP contribution in [0.5, 0.6) is 5.75 Å². The molecular formula is C27H24BrClF3NO5. The van der Waals surface area contributed by atoms with Crippen molar-refractivity contribution < 1.29 is 37.0 Å². The maximum Gasteiger partial charge on any atom is 0.471 e. The third-order valence-corrected chi connectivity index (χ3v) is 8.51. The second-order valence-corrected chi connectivity index (χ2v) is 10.8. The molecule has 0 unspecified atom stereocenters. The van der Waals surface area contributed by atoms with E-state index in [9.17, 15) is 27.6 Å². The van der Waals surface area contributed by atoms with Gasteiger partial charge in [0.2, 0.25) is 0 Å². The van der Waals surface area contributed by atoms with Crippen LogP contribution in [0.1, 0.15) is 49.3 Å². The summed E-state index contributed by atoms with van der Waals surface area (Å²) in [6.45, 7) is 3.10. The van der Waals surface area contributed by atoms with E-state index >= 15 is 0 Å². The molecule has 1 spiro atoms. The van der Waals surface area contributed by atoms with Gasteiger partial charge in [0.1, 0.15) is 11.3 Å². The van der Waals surface area contributed by atoms with Gasteiger partial charge in [-0.05, 0) is 85.7 Å². The van der Waals surface area contributed by atoms with Crippen LogP contribution in [0, 0.1) is 6.92 Å². The van der Waals surface area contributed by atoms with Crippen LogP contribution < -0.4 is 9.64 Å². The van der Waals surface area contributed by atoms with Gasteiger partial charge >= 0.3 is 24.0 Å². The van der Waals surface area contributed by atoms with Crippen LogP contribution in [0.25, 0.3) is 6.08 Å². The van der Waals surface area contributed by atoms with Crippen molar-refractivity contribution in [2.75, 3.05) is 12.0 Å². The molecule has 4 rings (SSSR count). The Hall–Kier alpha value is -2.85. The lowest BCUT2D eigenvalue weighted by Gasteiger charge is -2.49. The maximum atomic E-state index is 13.9. The van der Waals surface area contributed by atoms with E-state index in [4.69, 9.17) is 21.1 Å². The monoisotopic (exact) mass is 613 g/mol. The average molecular weight is 615 g/mol. The third kappa shape index (κ3) is 4.73. The van der Waals surface area contributed by atoms with Gasteiger partial charge in [-0.25, -0.2) is 4.79 Å². The Kier molecular flexibility index (Phi) is 7.44. The SMILES string of the molecule is COC(=O)C1(N(C(=O)C(F)(F)F)c2cccc(Cl)c2)CCC2(CC1)C(Br)=Cc1cc(C)c(OC(C)=O)cc12. The van der Waals surface area contributed by atoms with Crippen molar-refractivity contribution in [1.29, 1.82) is 0 Å². The number of alkyl halides is 3. The Morgan fingerprint density at radius 3 is 2.29 bits per heavy atom. The van der Waals surface area contributed by atoms with Crippen molar-refractivity contribution in [3.8, 4) is 5.75 Å². The fourth-order valence-electron chi connectivity index (χ4n) is 5.52. The summed E-state index contributed by atoms with van der Waals surface area (Å²) in [4.78, 5) is 38.2. The molecule has 0 heterocycles. The molecule has 6 nitrogen and oxygen atoms in total. The highest BCUT2D eigenvalue weighted by Gasteiger charge is 2.59. The second-order valence-electron chi connectivity index (χ2n) is 9.51. The minimum Gasteiger partial charge on any atom is -0.467 e. The lowest BCUT2D eigenvalue weighted by Crippen LogP contribution is -2.63. The van der Waals surface area contributed by atoms with Crippen LogP contribution in [0.3, 0.4) is 0 Å². The minimum absolute atomic E-state index is 0.110. The summed E-state index contributed by atoms with van der Waals surface area (Å²) in [5.74, 6) is -3.24. The van der Waals surface area contributed by atoms with Gasteiger partial charge in [0.05, 0.1) is 7.11 Å². The molecule has 0 aromatic heterocycles. The molecule has 2 aliphatic carbocycles. The Morgan fingerprint density at radius 1 is 1.08 bits per heavy atom. The zero-order chi connectivity index (χ0) is 28.0. The standard InChI is InChI=1S/C27H24BrClF3NO5/c1-15-11-17-12-22(28)25(20(17)14-21(15)38-16(2)34)7-9-26(10-8-25,24(36)37-3)33(23(35)27(30,31)32)19-6-4-5-18(29)13-19/h4-6,11-14H,7-10H2,1-3H3. The van der Waals surface area contributed by atoms with Gasteiger partial charge in [-0.15, -0.1) is 0 Å². The predicted octanol–water partition coefficient (Wildman–Crippen LogP) is 6.64. The van der Waals surface area contributed by atoms with E-state index in [1.54, 1.807) is 13.0 Å². The molecule has 1 saturated carbocycles. The molecule has 0 atom stereocenters. The minimum atomic E-state index is -5.25. The van der Waals surface area contributed by atoms with Crippen LogP contribution in [-0.4, -0.2) is 36.7 Å². The smallest absolute Gasteiger partial charge is 0.467 e. The summed E-state index contributed by atoms with van der Waals surface area (Å²) in [5.41, 5.74) is -0.353. The highest BCUT2D eigenvalue weighted by atomic mass is 79.9. The Bertz CT molecular complexity index is 1350. The summed E-state index contributed by atoms with van der Waals surface area (Å²) >= 11 is 9.70. The number of nitrogens with zero attached hydrogens (tertiary/aromatic N) is 1. The van der Waals surface area contributed by atoms with Gasteiger partial charge < -0.3 is 9.47 Å². The first-order valence-electron chi connectivity index (χ1n) is 11.7. The van der Waals surface area contributed by atoms with E-state index in [1.807, 2.05) is 12.1 Å². The largest absolute Gasteiger partial charge is 0.471 e. The Balaban J connectivity index is 1.81. The second kappa shape index (κ2) is 10.0. The molecule has 1 fully saturated rings. The number of fused-ring (bicyclic) bond motifs is 2. The molecule has 11 heteroatoms. The number of hydrogen-bond acceptors (Lipinski definition) is 5. The summed E-state index contributed by atoms with van der Waals surface area (Å²) in [5, 5.41) is 0.110. The van der Waals surface area contributed by atoms with Gasteiger partial charge in [0.15, 0.2) is 0 Å². The van der Waals surface area contributed by atoms with Crippen molar-refractivity contribution in [3.63, 3.8) is 0 Å². The normalized spacial score (nSPS) is 22.5. The quantitative estimate of drug-likeness (QED) is 0.285. The van der Waals surface area contributed by atoms with Gasteiger partial charge in [-0.3, -0.25) is 14.5 Å². The lowest BCUT2D eigenvalue weighted by atomic mass is 9.64. The maximum absolute atomic E-state index is 13.9. The number of benzene rings is 2. The third-order valence-electron chi connectivity index (χ3n) is 7.29. The number of aryl methyl sites for hydroxylation is 1. The van der Waals surface area contributed by atoms with E-state index in [0.29, 0.717) is 10.6 Å². The summed E-state index contributed by atoms with van der Waals surface area (Å²) < 4.78 is 52.8. The van der Waals surface area contributed by atoms with Crippen molar-refractivity contribution in [2.24, 2.45) is 0 Å². The number of allylic oxidation sites excluding steroid dienone is 1. The van der Waals surface area contributed by atoms with Gasteiger partial charge in [0, 0.05) is 27.5 Å². The van der Waals surface area contributed by atoms with Crippen molar-refractivity contribution in [3.05, 3.63) is 62.6 Å². The van der Waals surface area contributed by atoms with E-state index in [0.717, 1.165) is 28.3 Å². The van der Waals surface area contributed by atoms with Gasteiger partial charge in [0.25, 0.3) is 0 Å². The van der Waals surface area contributed by atoms with E-state index in [2.05, 4.69) is 15.9 Å². The zero-order valence-corrected chi connectivity index (χ0v) is 23.1. The number of carbonyl (C=O) groups excluding carboxylic acids is 3. The van der Waals surface area contributed by atoms with E-state index in [1.165, 1.54) is 31.2 Å². The molecule has 1 amide bonds. The van der Waals surface area contributed by atoms with Crippen molar-refractivity contribution in [1.82, 2.24) is 0 Å². The summed E-state index contributed by atoms with van der Waals surface area (Å²) in [7, 11) is 1.08. The number of amides is 1. The highest BCUT2D eigenvalue weighted by Crippen LogP contribution is 2.57. The number of hydrogen-bond donors (Lipinski definition) is 0. The summed E-state index contributed by atoms with van der Waals surface area (Å²) in [6, 6.07) is 9.03. The number of esters is 2. The fraction of sp³-hybridized carbons (Fsp3) is 0.370. The first kappa shape index (κ1) is 28.2. The van der Waals surface area contributed by atoms with Crippen LogP contribution in [0.4, 0.5) is 18.9 Å². The molecular weight excluding hydrogens is 591 g/mol. The molecule has 0 bridgehead atoms. The average Bonchev–Trinajstić information content (AvgIpc) is 3.09. The van der Waals surface area contributed by atoms with Gasteiger partial charge in [-0.1, -0.05) is 33.6 Å². The molecule has 2 aromatic rings. The van der Waals surface area contributed by atoms with Crippen molar-refractivity contribution >= 4 is 57.1 Å². The topological polar surface area (TPSA) is 72.9 Å². The molecule has 202 valence electrons. The van der Waals surface area contributed by atoms with Crippen LogP contribution in [-0.2, 0) is 24.5 Å². The van der Waals surface area contributed by atoms with Crippen molar-refractivity contribution in [2.45, 2.75) is 56.7 Å². The number of methoxy groups -OCH3 is 1. The molecule has 0 N–H and O–H groups in total. The summed E-state index contributed by atoms with van der Waals surface area (Å²) in [6.07, 6.45) is -3.19. The number of anilines is 1. The zero-order valence-electron chi connectivity index (χ0n) is 20.7. The molecule has 2 aliphatic rings. The molecule has 0 aliphatic heterocycles. The molecule has 2 aromatic carbocycles. The number of rotatable bonds is 4. The van der Waals surface area contributed by atoms with E-state index < -0.39 is 35.0 Å². The molecule has 38 heavy (non-hydrogen) atoms. The lowest BCUT2D eigenvalue weighted by molar-refractivity contribution is -0.174. The number of halogens is 5. The molecule has 0 radical (unpaired) electrons. The fourth-order valence-corrected chi connectivity index (χ4v) is 6.56. The first-order chi connectivity index (χ1) is 17.7. The first-order valence-corrected chi connectivity index (χ1v) is 12.9. The van der Waals surface area contributed by atoms with Crippen LogP contribution in [0.15, 0.2) is 40.9 Å². The highest BCUT2D eigenvalue weighted by molar-refractivity contribution is 9.11.